The Morgan fingerprint density at radius 1 is 0.292 bits per heavy atom. The molecule has 65 heavy (non-hydrogen) atoms. The van der Waals surface area contributed by atoms with Gasteiger partial charge in [-0.15, -0.1) is 0 Å². The van der Waals surface area contributed by atoms with Crippen LogP contribution in [-0.2, 0) is 0 Å². The maximum absolute atomic E-state index is 6.61. The first-order valence-corrected chi connectivity index (χ1v) is 23.0. The van der Waals surface area contributed by atoms with Gasteiger partial charge in [0.05, 0.1) is 0 Å². The largest absolute Gasteiger partial charge is 0.310 e. The van der Waals surface area contributed by atoms with Crippen LogP contribution in [0, 0.1) is 6.92 Å². The quantitative estimate of drug-likeness (QED) is 0.128. The van der Waals surface area contributed by atoms with Crippen molar-refractivity contribution in [1.29, 1.82) is 0 Å². The molecule has 0 unspecified atom stereocenters. The van der Waals surface area contributed by atoms with Gasteiger partial charge in [-0.25, -0.2) is 0 Å². The van der Waals surface area contributed by atoms with Crippen LogP contribution in [0.3, 0.4) is 0 Å². The van der Waals surface area contributed by atoms with Crippen molar-refractivity contribution in [2.45, 2.75) is 6.92 Å². The van der Waals surface area contributed by atoms with E-state index in [2.05, 4.69) is 238 Å². The summed E-state index contributed by atoms with van der Waals surface area (Å²) in [4.78, 5) is 6.78. The molecule has 6 heteroatoms. The second-order valence-corrected chi connectivity index (χ2v) is 17.8. The lowest BCUT2D eigenvalue weighted by Gasteiger charge is -2.27. The third-order valence-electron chi connectivity index (χ3n) is 11.7. The summed E-state index contributed by atoms with van der Waals surface area (Å²) in [6.07, 6.45) is 0. The Morgan fingerprint density at radius 2 is 0.615 bits per heavy atom. The molecule has 0 amide bonds. The smallest absolute Gasteiger partial charge is 0.0476 e. The Kier molecular flexibility index (Phi) is 12.0. The molecule has 0 saturated heterocycles. The van der Waals surface area contributed by atoms with Crippen molar-refractivity contribution in [1.82, 2.24) is 0 Å². The maximum Gasteiger partial charge on any atom is 0.0476 e. The van der Waals surface area contributed by atoms with Gasteiger partial charge >= 0.3 is 0 Å². The monoisotopic (exact) mass is 941 g/mol. The van der Waals surface area contributed by atoms with Gasteiger partial charge in [-0.2, -0.15) is 0 Å². The van der Waals surface area contributed by atoms with E-state index >= 15 is 0 Å². The van der Waals surface area contributed by atoms with E-state index < -0.39 is 0 Å². The minimum atomic E-state index is 0.680. The average Bonchev–Trinajstić information content (AvgIpc) is 3.34. The number of benzene rings is 10. The van der Waals surface area contributed by atoms with Crippen LogP contribution in [0.1, 0.15) is 5.56 Å². The molecule has 0 aromatic heterocycles. The summed E-state index contributed by atoms with van der Waals surface area (Å²) >= 11 is 16.7. The molecule has 10 aromatic carbocycles. The summed E-state index contributed by atoms with van der Waals surface area (Å²) in [5.74, 6) is 0. The van der Waals surface area contributed by atoms with Crippen molar-refractivity contribution in [3.63, 3.8) is 0 Å². The highest BCUT2D eigenvalue weighted by molar-refractivity contribution is 9.10. The van der Waals surface area contributed by atoms with E-state index in [9.17, 15) is 0 Å². The second kappa shape index (κ2) is 18.6. The topological polar surface area (TPSA) is 9.72 Å². The van der Waals surface area contributed by atoms with Crippen molar-refractivity contribution in [2.24, 2.45) is 0 Å². The second-order valence-electron chi connectivity index (χ2n) is 16.0. The molecule has 0 atom stereocenters. The Bertz CT molecular complexity index is 3230. The maximum atomic E-state index is 6.61. The van der Waals surface area contributed by atoms with Crippen LogP contribution >= 0.6 is 39.1 Å². The fourth-order valence-corrected chi connectivity index (χ4v) is 9.02. The summed E-state index contributed by atoms with van der Waals surface area (Å²) in [6.45, 7) is 2.12. The Labute approximate surface area is 399 Å². The zero-order valence-electron chi connectivity index (χ0n) is 35.5. The van der Waals surface area contributed by atoms with Crippen LogP contribution < -0.4 is 14.7 Å². The lowest BCUT2D eigenvalue weighted by atomic mass is 10.0. The Balaban J connectivity index is 0.923. The van der Waals surface area contributed by atoms with Crippen LogP contribution in [-0.4, -0.2) is 0 Å². The van der Waals surface area contributed by atoms with Crippen LogP contribution in [0.2, 0.25) is 10.0 Å². The molecule has 0 saturated carbocycles. The highest BCUT2D eigenvalue weighted by Gasteiger charge is 2.17. The SMILES string of the molecule is Cc1ccc(N(c2ccc(-c3ccc(N(c4ccc(-c5ccc(N(c6ccc(Br)cc6)c6cccc(Cl)c6)cc5)cc4)c4cccc(Cl)c4)cc3)cc2)c2ccc3ccccc3c2)cc1. The Morgan fingerprint density at radius 3 is 1.00 bits per heavy atom. The van der Waals surface area contributed by atoms with Gasteiger partial charge in [-0.05, 0) is 173 Å². The van der Waals surface area contributed by atoms with Gasteiger partial charge in [0.2, 0.25) is 0 Å². The molecule has 0 aliphatic heterocycles. The first-order chi connectivity index (χ1) is 31.8. The van der Waals surface area contributed by atoms with Crippen LogP contribution in [0.15, 0.2) is 241 Å². The summed E-state index contributed by atoms with van der Waals surface area (Å²) < 4.78 is 1.03. The number of fused-ring (bicyclic) bond motifs is 1. The summed E-state index contributed by atoms with van der Waals surface area (Å²) in [7, 11) is 0. The molecule has 3 nitrogen and oxygen atoms in total. The first kappa shape index (κ1) is 41.9. The summed E-state index contributed by atoms with van der Waals surface area (Å²) in [5, 5.41) is 3.80. The highest BCUT2D eigenvalue weighted by Crippen LogP contribution is 2.41. The molecular formula is C59H42BrCl2N3. The van der Waals surface area contributed by atoms with Gasteiger partial charge < -0.3 is 14.7 Å². The van der Waals surface area contributed by atoms with Crippen molar-refractivity contribution < 1.29 is 0 Å². The molecule has 0 spiro atoms. The third kappa shape index (κ3) is 9.16. The van der Waals surface area contributed by atoms with E-state index in [1.807, 2.05) is 36.4 Å². The molecule has 0 radical (unpaired) electrons. The minimum absolute atomic E-state index is 0.680. The van der Waals surface area contributed by atoms with Gasteiger partial charge in [0.25, 0.3) is 0 Å². The predicted octanol–water partition coefficient (Wildman–Crippen LogP) is 19.0. The molecule has 0 aliphatic carbocycles. The molecule has 0 heterocycles. The van der Waals surface area contributed by atoms with Crippen molar-refractivity contribution in [3.05, 3.63) is 257 Å². The van der Waals surface area contributed by atoms with E-state index in [4.69, 9.17) is 23.2 Å². The minimum Gasteiger partial charge on any atom is -0.310 e. The number of halogens is 3. The summed E-state index contributed by atoms with van der Waals surface area (Å²) in [6, 6.07) is 83.1. The average molecular weight is 944 g/mol. The van der Waals surface area contributed by atoms with Crippen LogP contribution in [0.5, 0.6) is 0 Å². The zero-order valence-corrected chi connectivity index (χ0v) is 38.6. The van der Waals surface area contributed by atoms with Gasteiger partial charge in [-0.1, -0.05) is 148 Å². The molecule has 0 bridgehead atoms. The van der Waals surface area contributed by atoms with E-state index in [1.54, 1.807) is 0 Å². The molecule has 10 rings (SSSR count). The first-order valence-electron chi connectivity index (χ1n) is 21.5. The van der Waals surface area contributed by atoms with Gasteiger partial charge in [0, 0.05) is 65.7 Å². The zero-order chi connectivity index (χ0) is 44.3. The molecule has 10 aromatic rings. The number of anilines is 9. The lowest BCUT2D eigenvalue weighted by molar-refractivity contribution is 1.28. The van der Waals surface area contributed by atoms with Crippen LogP contribution in [0.25, 0.3) is 33.0 Å². The van der Waals surface area contributed by atoms with Crippen LogP contribution in [0.4, 0.5) is 51.2 Å². The lowest BCUT2D eigenvalue weighted by Crippen LogP contribution is -2.10. The number of hydrogen-bond donors (Lipinski definition) is 0. The molecule has 0 fully saturated rings. The molecule has 0 aliphatic rings. The number of aryl methyl sites for hydroxylation is 1. The molecular weight excluding hydrogens is 901 g/mol. The predicted molar refractivity (Wildman–Crippen MR) is 281 cm³/mol. The normalized spacial score (nSPS) is 11.1. The summed E-state index contributed by atoms with van der Waals surface area (Å²) in [5.41, 5.74) is 15.2. The fourth-order valence-electron chi connectivity index (χ4n) is 8.38. The standard InChI is InChI=1S/C59H42BrCl2N3/c1-41-12-25-51(26-13-41)65(59-35-22-42-6-2-3-7-47(42)38-59)55-33-20-46(21-34-55)44-16-29-53(30-17-44)63(57-10-4-8-49(61)39-57)52-27-14-43(15-28-52)45-18-31-54(32-19-45)64(56-36-23-48(60)24-37-56)58-11-5-9-50(62)40-58/h2-40H,1H3. The van der Waals surface area contributed by atoms with E-state index in [0.717, 1.165) is 77.9 Å². The van der Waals surface area contributed by atoms with E-state index in [-0.39, 0.29) is 0 Å². The third-order valence-corrected chi connectivity index (χ3v) is 12.7. The van der Waals surface area contributed by atoms with E-state index in [1.165, 1.54) is 16.3 Å². The van der Waals surface area contributed by atoms with Crippen molar-refractivity contribution in [2.75, 3.05) is 14.7 Å². The van der Waals surface area contributed by atoms with E-state index in [0.29, 0.717) is 10.0 Å². The van der Waals surface area contributed by atoms with Gasteiger partial charge in [-0.3, -0.25) is 0 Å². The highest BCUT2D eigenvalue weighted by atomic mass is 79.9. The molecule has 314 valence electrons. The van der Waals surface area contributed by atoms with Crippen molar-refractivity contribution >= 4 is 101 Å². The van der Waals surface area contributed by atoms with Gasteiger partial charge in [0.1, 0.15) is 0 Å². The van der Waals surface area contributed by atoms with Gasteiger partial charge in [0.15, 0.2) is 0 Å². The number of rotatable bonds is 11. The number of nitrogens with zero attached hydrogens (tertiary/aromatic N) is 3. The molecule has 0 N–H and O–H groups in total. The number of hydrogen-bond acceptors (Lipinski definition) is 3. The Hall–Kier alpha value is -7.08. The fraction of sp³-hybridized carbons (Fsp3) is 0.0169. The van der Waals surface area contributed by atoms with Crippen molar-refractivity contribution in [3.8, 4) is 22.3 Å².